The summed E-state index contributed by atoms with van der Waals surface area (Å²) in [6.07, 6.45) is 2.31. The molecule has 0 saturated carbocycles. The molecular formula is C17H27N3O4. The zero-order valence-corrected chi connectivity index (χ0v) is 14.8. The number of nitrogens with zero attached hydrogens (tertiary/aromatic N) is 1. The number of nitrogens with one attached hydrogen (secondary N) is 2. The van der Waals surface area contributed by atoms with Crippen LogP contribution < -0.4 is 10.6 Å². The number of aryl methyl sites for hydroxylation is 1. The lowest BCUT2D eigenvalue weighted by atomic mass is 9.79. The number of aliphatic hydroxyl groups excluding tert-OH is 1. The van der Waals surface area contributed by atoms with Gasteiger partial charge in [0.2, 0.25) is 0 Å². The monoisotopic (exact) mass is 337 g/mol. The van der Waals surface area contributed by atoms with Gasteiger partial charge in [-0.2, -0.15) is 0 Å². The minimum absolute atomic E-state index is 0.0207. The quantitative estimate of drug-likeness (QED) is 0.498. The number of nitro groups is 1. The molecule has 1 aromatic carbocycles. The topological polar surface area (TPSA) is 104 Å². The third kappa shape index (κ3) is 4.67. The summed E-state index contributed by atoms with van der Waals surface area (Å²) in [6, 6.07) is 2.66. The molecule has 134 valence electrons. The second-order valence-corrected chi connectivity index (χ2v) is 6.15. The molecule has 0 spiro atoms. The van der Waals surface area contributed by atoms with Crippen molar-refractivity contribution < 1.29 is 14.8 Å². The maximum Gasteiger partial charge on any atom is 0.319 e. The summed E-state index contributed by atoms with van der Waals surface area (Å²) in [4.78, 5) is 22.8. The van der Waals surface area contributed by atoms with Gasteiger partial charge in [-0.25, -0.2) is 4.79 Å². The van der Waals surface area contributed by atoms with Crippen LogP contribution in [0.3, 0.4) is 0 Å². The van der Waals surface area contributed by atoms with E-state index in [-0.39, 0.29) is 17.7 Å². The number of amides is 2. The highest BCUT2D eigenvalue weighted by molar-refractivity contribution is 5.91. The first-order chi connectivity index (χ1) is 11.3. The zero-order chi connectivity index (χ0) is 18.3. The van der Waals surface area contributed by atoms with Crippen LogP contribution in [0.15, 0.2) is 12.1 Å². The molecule has 2 amide bonds. The van der Waals surface area contributed by atoms with E-state index < -0.39 is 11.0 Å². The van der Waals surface area contributed by atoms with Gasteiger partial charge in [-0.15, -0.1) is 0 Å². The van der Waals surface area contributed by atoms with Gasteiger partial charge in [0.15, 0.2) is 0 Å². The summed E-state index contributed by atoms with van der Waals surface area (Å²) in [6.45, 7) is 8.00. The zero-order valence-electron chi connectivity index (χ0n) is 14.8. The minimum Gasteiger partial charge on any atom is -0.396 e. The van der Waals surface area contributed by atoms with E-state index in [1.165, 1.54) is 6.07 Å². The molecule has 1 aromatic rings. The molecule has 0 bridgehead atoms. The largest absolute Gasteiger partial charge is 0.396 e. The fourth-order valence-electron chi connectivity index (χ4n) is 2.83. The van der Waals surface area contributed by atoms with Gasteiger partial charge in [0, 0.05) is 19.2 Å². The van der Waals surface area contributed by atoms with Crippen LogP contribution in [0.4, 0.5) is 16.2 Å². The van der Waals surface area contributed by atoms with Crippen molar-refractivity contribution in [2.24, 2.45) is 5.41 Å². The Morgan fingerprint density at radius 1 is 1.29 bits per heavy atom. The molecule has 0 aliphatic rings. The molecule has 0 aliphatic heterocycles. The Morgan fingerprint density at radius 3 is 2.42 bits per heavy atom. The summed E-state index contributed by atoms with van der Waals surface area (Å²) >= 11 is 0. The van der Waals surface area contributed by atoms with Gasteiger partial charge in [-0.05, 0) is 44.1 Å². The van der Waals surface area contributed by atoms with Crippen molar-refractivity contribution in [3.63, 3.8) is 0 Å². The summed E-state index contributed by atoms with van der Waals surface area (Å²) in [5.41, 5.74) is 1.50. The Labute approximate surface area is 142 Å². The van der Waals surface area contributed by atoms with Crippen LogP contribution in [0.1, 0.15) is 44.2 Å². The molecular weight excluding hydrogens is 310 g/mol. The molecule has 1 rings (SSSR count). The van der Waals surface area contributed by atoms with Crippen LogP contribution in [0.2, 0.25) is 0 Å². The lowest BCUT2D eigenvalue weighted by Crippen LogP contribution is -2.39. The number of anilines is 1. The number of hydrogen-bond acceptors (Lipinski definition) is 4. The third-order valence-corrected chi connectivity index (χ3v) is 4.85. The number of carbonyl (C=O) groups excluding carboxylic acids is 1. The van der Waals surface area contributed by atoms with Gasteiger partial charge in [-0.1, -0.05) is 19.9 Å². The molecule has 0 unspecified atom stereocenters. The molecule has 0 aromatic heterocycles. The van der Waals surface area contributed by atoms with Crippen molar-refractivity contribution in [1.29, 1.82) is 0 Å². The first kappa shape index (κ1) is 19.9. The highest BCUT2D eigenvalue weighted by atomic mass is 16.6. The molecule has 7 heteroatoms. The highest BCUT2D eigenvalue weighted by Crippen LogP contribution is 2.30. The number of nitro benzene ring substituents is 1. The highest BCUT2D eigenvalue weighted by Gasteiger charge is 2.26. The smallest absolute Gasteiger partial charge is 0.319 e. The van der Waals surface area contributed by atoms with E-state index in [2.05, 4.69) is 10.6 Å². The van der Waals surface area contributed by atoms with Crippen molar-refractivity contribution in [2.45, 2.75) is 47.0 Å². The predicted molar refractivity (Wildman–Crippen MR) is 94.3 cm³/mol. The molecule has 0 atom stereocenters. The van der Waals surface area contributed by atoms with E-state index in [0.29, 0.717) is 24.2 Å². The average molecular weight is 337 g/mol. The number of benzene rings is 1. The Hall–Kier alpha value is -2.15. The van der Waals surface area contributed by atoms with Crippen molar-refractivity contribution in [3.8, 4) is 0 Å². The summed E-state index contributed by atoms with van der Waals surface area (Å²) in [5, 5.41) is 25.8. The third-order valence-electron chi connectivity index (χ3n) is 4.85. The Bertz CT molecular complexity index is 598. The number of hydrogen-bond donors (Lipinski definition) is 3. The average Bonchev–Trinajstić information content (AvgIpc) is 2.55. The molecule has 7 nitrogen and oxygen atoms in total. The number of rotatable bonds is 8. The second-order valence-electron chi connectivity index (χ2n) is 6.15. The van der Waals surface area contributed by atoms with Crippen LogP contribution in [-0.4, -0.2) is 29.2 Å². The van der Waals surface area contributed by atoms with Crippen molar-refractivity contribution in [1.82, 2.24) is 5.32 Å². The van der Waals surface area contributed by atoms with Gasteiger partial charge in [0.1, 0.15) is 0 Å². The van der Waals surface area contributed by atoms with Gasteiger partial charge in [0.05, 0.1) is 16.2 Å². The first-order valence-electron chi connectivity index (χ1n) is 8.20. The lowest BCUT2D eigenvalue weighted by molar-refractivity contribution is -0.385. The van der Waals surface area contributed by atoms with E-state index in [1.807, 2.05) is 13.8 Å². The van der Waals surface area contributed by atoms with E-state index >= 15 is 0 Å². The van der Waals surface area contributed by atoms with E-state index in [0.717, 1.165) is 18.4 Å². The van der Waals surface area contributed by atoms with Gasteiger partial charge in [-0.3, -0.25) is 10.1 Å². The van der Waals surface area contributed by atoms with Crippen LogP contribution in [0.25, 0.3) is 0 Å². The SMILES string of the molecule is CCC(CC)(CCO)CNC(=O)Nc1c(C)ccc([N+](=O)[O-])c1C. The fourth-order valence-corrected chi connectivity index (χ4v) is 2.83. The number of carbonyl (C=O) groups is 1. The van der Waals surface area contributed by atoms with Gasteiger partial charge >= 0.3 is 6.03 Å². The van der Waals surface area contributed by atoms with Crippen molar-refractivity contribution in [3.05, 3.63) is 33.4 Å². The molecule has 3 N–H and O–H groups in total. The predicted octanol–water partition coefficient (Wildman–Crippen LogP) is 3.52. The van der Waals surface area contributed by atoms with Crippen LogP contribution in [-0.2, 0) is 0 Å². The molecule has 0 radical (unpaired) electrons. The van der Waals surface area contributed by atoms with E-state index in [4.69, 9.17) is 0 Å². The van der Waals surface area contributed by atoms with Crippen molar-refractivity contribution in [2.75, 3.05) is 18.5 Å². The normalized spacial score (nSPS) is 11.2. The first-order valence-corrected chi connectivity index (χ1v) is 8.20. The summed E-state index contributed by atoms with van der Waals surface area (Å²) in [5.74, 6) is 0. The number of aliphatic hydroxyl groups is 1. The molecule has 0 fully saturated rings. The maximum atomic E-state index is 12.2. The van der Waals surface area contributed by atoms with Crippen LogP contribution in [0.5, 0.6) is 0 Å². The fraction of sp³-hybridized carbons (Fsp3) is 0.588. The maximum absolute atomic E-state index is 12.2. The second kappa shape index (κ2) is 8.63. The summed E-state index contributed by atoms with van der Waals surface area (Å²) < 4.78 is 0. The minimum atomic E-state index is -0.460. The molecule has 24 heavy (non-hydrogen) atoms. The van der Waals surface area contributed by atoms with Crippen molar-refractivity contribution >= 4 is 17.4 Å². The standard InChI is InChI=1S/C17H27N3O4/c1-5-17(6-2,9-10-21)11-18-16(22)19-15-12(3)7-8-14(13(15)4)20(23)24/h7-8,21H,5-6,9-11H2,1-4H3,(H2,18,19,22). The lowest BCUT2D eigenvalue weighted by Gasteiger charge is -2.31. The Morgan fingerprint density at radius 2 is 1.92 bits per heavy atom. The molecule has 0 heterocycles. The van der Waals surface area contributed by atoms with Gasteiger partial charge < -0.3 is 15.7 Å². The van der Waals surface area contributed by atoms with E-state index in [1.54, 1.807) is 19.9 Å². The van der Waals surface area contributed by atoms with Crippen LogP contribution >= 0.6 is 0 Å². The van der Waals surface area contributed by atoms with E-state index in [9.17, 15) is 20.0 Å². The Kier molecular flexibility index (Phi) is 7.16. The molecule has 0 saturated heterocycles. The summed E-state index contributed by atoms with van der Waals surface area (Å²) in [7, 11) is 0. The molecule has 0 aliphatic carbocycles. The van der Waals surface area contributed by atoms with Gasteiger partial charge in [0.25, 0.3) is 5.69 Å². The van der Waals surface area contributed by atoms with Crippen LogP contribution in [0, 0.1) is 29.4 Å². The number of urea groups is 1. The Balaban J connectivity index is 2.85.